The van der Waals surface area contributed by atoms with Gasteiger partial charge in [-0.1, -0.05) is 431 Å². The molecule has 0 saturated heterocycles. The zero-order valence-electron chi connectivity index (χ0n) is 60.7. The van der Waals surface area contributed by atoms with Crippen molar-refractivity contribution in [1.82, 2.24) is 5.32 Å². The van der Waals surface area contributed by atoms with Gasteiger partial charge in [0.05, 0.1) is 39.9 Å². The number of nitrogens with one attached hydrogen (secondary N) is 1. The van der Waals surface area contributed by atoms with Gasteiger partial charge in [0, 0.05) is 6.42 Å². The Bertz CT molecular complexity index is 1390. The van der Waals surface area contributed by atoms with Gasteiger partial charge in [0.25, 0.3) is 7.82 Å². The van der Waals surface area contributed by atoms with Gasteiger partial charge in [0.1, 0.15) is 13.2 Å². The third kappa shape index (κ3) is 72.9. The highest BCUT2D eigenvalue weighted by atomic mass is 31.2. The predicted molar refractivity (Wildman–Crippen MR) is 386 cm³/mol. The summed E-state index contributed by atoms with van der Waals surface area (Å²) < 4.78 is 23.6. The Hall–Kier alpha value is -0.500. The van der Waals surface area contributed by atoms with E-state index < -0.39 is 20.0 Å². The second kappa shape index (κ2) is 70.8. The first-order chi connectivity index (χ1) is 43.0. The molecule has 0 saturated carbocycles. The van der Waals surface area contributed by atoms with Crippen LogP contribution in [0.15, 0.2) is 0 Å². The second-order valence-corrected chi connectivity index (χ2v) is 30.9. The minimum absolute atomic E-state index is 0.0172. The standard InChI is InChI=1S/C79H161N2O6P/c1-6-8-10-12-14-16-18-20-22-24-26-28-30-32-34-36-38-39-40-41-43-45-47-49-51-53-55-57-59-61-63-65-67-69-71-73-79(83)80-77(76-87-88(84,85)86-75-74-81(3,4)5)78(82)72-70-68-66-64-62-60-58-56-54-52-50-48-46-44-42-37-35-33-31-29-27-25-23-21-19-17-15-13-11-9-7-2/h77-78,82H,6-76H2,1-5H3,(H-,80,83,84,85). The van der Waals surface area contributed by atoms with Crippen molar-refractivity contribution < 1.29 is 32.9 Å². The van der Waals surface area contributed by atoms with E-state index in [-0.39, 0.29) is 19.1 Å². The fourth-order valence-corrected chi connectivity index (χ4v) is 13.8. The molecule has 9 heteroatoms. The van der Waals surface area contributed by atoms with Crippen LogP contribution in [0.2, 0.25) is 0 Å². The van der Waals surface area contributed by atoms with Gasteiger partial charge < -0.3 is 28.8 Å². The lowest BCUT2D eigenvalue weighted by Gasteiger charge is -2.30. The molecule has 0 aliphatic rings. The summed E-state index contributed by atoms with van der Waals surface area (Å²) in [6.45, 7) is 4.81. The lowest BCUT2D eigenvalue weighted by atomic mass is 10.0. The van der Waals surface area contributed by atoms with E-state index >= 15 is 0 Å². The third-order valence-electron chi connectivity index (χ3n) is 19.3. The summed E-state index contributed by atoms with van der Waals surface area (Å²) in [5.74, 6) is -0.152. The Kier molecular flexibility index (Phi) is 70.4. The van der Waals surface area contributed by atoms with Gasteiger partial charge in [-0.2, -0.15) is 0 Å². The average molecular weight is 1270 g/mol. The average Bonchev–Trinajstić information content (AvgIpc) is 3.64. The smallest absolute Gasteiger partial charge is 0.268 e. The van der Waals surface area contributed by atoms with Gasteiger partial charge in [0.15, 0.2) is 0 Å². The molecule has 8 nitrogen and oxygen atoms in total. The van der Waals surface area contributed by atoms with E-state index in [1.807, 2.05) is 21.1 Å². The number of carbonyl (C=O) groups excluding carboxylic acids is 1. The van der Waals surface area contributed by atoms with Gasteiger partial charge in [-0.05, 0) is 12.8 Å². The van der Waals surface area contributed by atoms with Crippen molar-refractivity contribution in [2.75, 3.05) is 40.9 Å². The molecule has 0 aromatic carbocycles. The first kappa shape index (κ1) is 87.5. The van der Waals surface area contributed by atoms with Crippen molar-refractivity contribution in [2.45, 2.75) is 463 Å². The van der Waals surface area contributed by atoms with E-state index in [1.165, 1.54) is 385 Å². The van der Waals surface area contributed by atoms with Crippen LogP contribution < -0.4 is 10.2 Å². The minimum Gasteiger partial charge on any atom is -0.756 e. The lowest BCUT2D eigenvalue weighted by molar-refractivity contribution is -0.870. The Morgan fingerprint density at radius 2 is 0.557 bits per heavy atom. The van der Waals surface area contributed by atoms with Gasteiger partial charge >= 0.3 is 0 Å². The molecule has 0 fully saturated rings. The molecular weight excluding hydrogens is 1100 g/mol. The number of carbonyl (C=O) groups is 1. The van der Waals surface area contributed by atoms with Crippen LogP contribution >= 0.6 is 7.82 Å². The van der Waals surface area contributed by atoms with Gasteiger partial charge in [-0.3, -0.25) is 9.36 Å². The maximum atomic E-state index is 13.1. The molecule has 2 N–H and O–H groups in total. The van der Waals surface area contributed by atoms with Crippen molar-refractivity contribution in [3.8, 4) is 0 Å². The van der Waals surface area contributed by atoms with Crippen molar-refractivity contribution >= 4 is 13.7 Å². The van der Waals surface area contributed by atoms with Crippen LogP contribution in [-0.4, -0.2) is 68.5 Å². The third-order valence-corrected chi connectivity index (χ3v) is 20.3. The van der Waals surface area contributed by atoms with E-state index in [0.717, 1.165) is 38.5 Å². The topological polar surface area (TPSA) is 108 Å². The molecule has 0 spiro atoms. The molecule has 3 unspecified atom stereocenters. The Labute approximate surface area is 552 Å². The largest absolute Gasteiger partial charge is 0.756 e. The van der Waals surface area contributed by atoms with Crippen molar-refractivity contribution in [3.05, 3.63) is 0 Å². The number of aliphatic hydroxyl groups excluding tert-OH is 1. The normalized spacial score (nSPS) is 13.4. The van der Waals surface area contributed by atoms with E-state index in [1.54, 1.807) is 0 Å². The van der Waals surface area contributed by atoms with Crippen LogP contribution in [0.5, 0.6) is 0 Å². The Morgan fingerprint density at radius 3 is 0.773 bits per heavy atom. The van der Waals surface area contributed by atoms with Crippen LogP contribution in [0.4, 0.5) is 0 Å². The fraction of sp³-hybridized carbons (Fsp3) is 0.987. The number of unbranched alkanes of at least 4 members (excludes halogenated alkanes) is 64. The molecule has 88 heavy (non-hydrogen) atoms. The molecule has 0 aliphatic carbocycles. The monoisotopic (exact) mass is 1270 g/mol. The Morgan fingerprint density at radius 1 is 0.352 bits per heavy atom. The van der Waals surface area contributed by atoms with Gasteiger partial charge in [-0.15, -0.1) is 0 Å². The quantitative estimate of drug-likeness (QED) is 0.0357. The zero-order chi connectivity index (χ0) is 64.1. The SMILES string of the molecule is CCCCCCCCCCCCCCCCCCCCCCCCCCCCCCCCCCCCCC(=O)NC(COP(=O)([O-])OCC[N+](C)(C)C)C(O)CCCCCCCCCCCCCCCCCCCCCCCCCCCCCCCCC. The maximum absolute atomic E-state index is 13.1. The summed E-state index contributed by atoms with van der Waals surface area (Å²) in [6, 6.07) is -0.798. The summed E-state index contributed by atoms with van der Waals surface area (Å²) in [5, 5.41) is 14.2. The molecular formula is C79H161N2O6P. The van der Waals surface area contributed by atoms with Crippen LogP contribution in [-0.2, 0) is 18.4 Å². The zero-order valence-corrected chi connectivity index (χ0v) is 61.6. The minimum atomic E-state index is -4.58. The number of rotatable bonds is 77. The molecule has 1 amide bonds. The number of phosphoric acid groups is 1. The highest BCUT2D eigenvalue weighted by molar-refractivity contribution is 7.45. The van der Waals surface area contributed by atoms with Crippen molar-refractivity contribution in [2.24, 2.45) is 0 Å². The molecule has 528 valence electrons. The van der Waals surface area contributed by atoms with E-state index in [0.29, 0.717) is 23.9 Å². The summed E-state index contributed by atoms with van der Waals surface area (Å²) in [6.07, 6.45) is 90.9. The number of aliphatic hydroxyl groups is 1. The fourth-order valence-electron chi connectivity index (χ4n) is 13.1. The van der Waals surface area contributed by atoms with Crippen LogP contribution in [0.3, 0.4) is 0 Å². The summed E-state index contributed by atoms with van der Waals surface area (Å²) in [5.41, 5.74) is 0. The molecule has 0 aromatic rings. The first-order valence-electron chi connectivity index (χ1n) is 40.4. The molecule has 0 heterocycles. The van der Waals surface area contributed by atoms with Crippen LogP contribution in [0.1, 0.15) is 450 Å². The van der Waals surface area contributed by atoms with E-state index in [9.17, 15) is 19.4 Å². The summed E-state index contributed by atoms with van der Waals surface area (Å²) >= 11 is 0. The van der Waals surface area contributed by atoms with E-state index in [4.69, 9.17) is 9.05 Å². The van der Waals surface area contributed by atoms with Gasteiger partial charge in [0.2, 0.25) is 5.91 Å². The number of hydrogen-bond donors (Lipinski definition) is 2. The predicted octanol–water partition coefficient (Wildman–Crippen LogP) is 25.6. The highest BCUT2D eigenvalue weighted by Gasteiger charge is 2.24. The Balaban J connectivity index is 3.89. The maximum Gasteiger partial charge on any atom is 0.268 e. The second-order valence-electron chi connectivity index (χ2n) is 29.5. The van der Waals surface area contributed by atoms with E-state index in [2.05, 4.69) is 19.2 Å². The summed E-state index contributed by atoms with van der Waals surface area (Å²) in [7, 11) is 1.34. The van der Waals surface area contributed by atoms with Gasteiger partial charge in [-0.25, -0.2) is 0 Å². The van der Waals surface area contributed by atoms with Crippen LogP contribution in [0, 0.1) is 0 Å². The van der Waals surface area contributed by atoms with Crippen LogP contribution in [0.25, 0.3) is 0 Å². The number of likely N-dealkylation sites (N-methyl/N-ethyl adjacent to an activating group) is 1. The molecule has 0 aliphatic heterocycles. The number of quaternary nitrogens is 1. The molecule has 0 bridgehead atoms. The number of phosphoric ester groups is 1. The lowest BCUT2D eigenvalue weighted by Crippen LogP contribution is -2.46. The number of amides is 1. The van der Waals surface area contributed by atoms with Crippen molar-refractivity contribution in [1.29, 1.82) is 0 Å². The molecule has 0 aromatic heterocycles. The number of hydrogen-bond acceptors (Lipinski definition) is 6. The number of nitrogens with zero attached hydrogens (tertiary/aromatic N) is 1. The first-order valence-corrected chi connectivity index (χ1v) is 41.8. The molecule has 3 atom stereocenters. The molecule has 0 radical (unpaired) electrons. The summed E-state index contributed by atoms with van der Waals surface area (Å²) in [4.78, 5) is 25.7. The molecule has 0 rings (SSSR count). The van der Waals surface area contributed by atoms with Crippen molar-refractivity contribution in [3.63, 3.8) is 0 Å². The highest BCUT2D eigenvalue weighted by Crippen LogP contribution is 2.38.